The van der Waals surface area contributed by atoms with Gasteiger partial charge in [0.1, 0.15) is 5.75 Å². The number of fused-ring (bicyclic) bond motifs is 1. The zero-order chi connectivity index (χ0) is 25.0. The molecule has 0 unspecified atom stereocenters. The third-order valence-corrected chi connectivity index (χ3v) is 7.04. The van der Waals surface area contributed by atoms with Gasteiger partial charge in [-0.1, -0.05) is 58.9 Å². The van der Waals surface area contributed by atoms with E-state index >= 15 is 0 Å². The molecule has 0 aliphatic rings. The molecule has 35 heavy (non-hydrogen) atoms. The average molecular weight is 487 g/mol. The molecule has 1 N–H and O–H groups in total. The molecule has 0 saturated carbocycles. The highest BCUT2D eigenvalue weighted by Gasteiger charge is 2.23. The van der Waals surface area contributed by atoms with Gasteiger partial charge in [0.15, 0.2) is 10.8 Å². The first-order valence-electron chi connectivity index (χ1n) is 11.6. The SMILES string of the molecule is COc1ccc(-c2cc(-c3nn4c(-c5cc(C(C)(C)C)cc(C(C)(C)C)c5)nnc4s3)[nH]n2)cc1. The fraction of sp³-hybridized carbons (Fsp3) is 0.333. The molecule has 3 aromatic heterocycles. The van der Waals surface area contributed by atoms with E-state index in [9.17, 15) is 0 Å². The van der Waals surface area contributed by atoms with Crippen molar-refractivity contribution in [1.29, 1.82) is 0 Å². The first-order valence-corrected chi connectivity index (χ1v) is 12.4. The molecule has 0 aliphatic heterocycles. The Labute approximate surface area is 209 Å². The Morgan fingerprint density at radius 3 is 2.09 bits per heavy atom. The van der Waals surface area contributed by atoms with E-state index in [4.69, 9.17) is 9.84 Å². The lowest BCUT2D eigenvalue weighted by Gasteiger charge is -2.25. The number of hydrogen-bond acceptors (Lipinski definition) is 6. The number of aromatic amines is 1. The number of methoxy groups -OCH3 is 1. The molecule has 0 saturated heterocycles. The van der Waals surface area contributed by atoms with Gasteiger partial charge in [-0.05, 0) is 64.4 Å². The summed E-state index contributed by atoms with van der Waals surface area (Å²) in [7, 11) is 1.66. The van der Waals surface area contributed by atoms with Crippen molar-refractivity contribution in [3.63, 3.8) is 0 Å². The second-order valence-electron chi connectivity index (χ2n) is 10.8. The summed E-state index contributed by atoms with van der Waals surface area (Å²) in [6.07, 6.45) is 0. The van der Waals surface area contributed by atoms with Crippen LogP contribution in [0.3, 0.4) is 0 Å². The minimum Gasteiger partial charge on any atom is -0.497 e. The summed E-state index contributed by atoms with van der Waals surface area (Å²) in [6, 6.07) is 16.6. The predicted molar refractivity (Wildman–Crippen MR) is 141 cm³/mol. The summed E-state index contributed by atoms with van der Waals surface area (Å²) >= 11 is 1.49. The van der Waals surface area contributed by atoms with Gasteiger partial charge >= 0.3 is 0 Å². The van der Waals surface area contributed by atoms with E-state index in [0.717, 1.165) is 44.1 Å². The lowest BCUT2D eigenvalue weighted by molar-refractivity contribution is 0.415. The van der Waals surface area contributed by atoms with Gasteiger partial charge in [-0.2, -0.15) is 14.7 Å². The van der Waals surface area contributed by atoms with Gasteiger partial charge in [-0.15, -0.1) is 10.2 Å². The molecule has 5 aromatic rings. The number of nitrogens with one attached hydrogen (secondary N) is 1. The Morgan fingerprint density at radius 1 is 0.829 bits per heavy atom. The standard InChI is InChI=1S/C27H30N6OS/c1-26(2,3)18-12-17(13-19(14-18)27(4,5)6)23-30-31-25-33(23)32-24(35-25)22-15-21(28-29-22)16-8-10-20(34-7)11-9-16/h8-15H,1-7H3,(H,28,29). The topological polar surface area (TPSA) is 81.0 Å². The van der Waals surface area contributed by atoms with E-state index in [0.29, 0.717) is 0 Å². The van der Waals surface area contributed by atoms with Crippen LogP contribution in [-0.4, -0.2) is 37.1 Å². The van der Waals surface area contributed by atoms with Gasteiger partial charge in [0.2, 0.25) is 4.96 Å². The lowest BCUT2D eigenvalue weighted by Crippen LogP contribution is -2.16. The molecule has 180 valence electrons. The van der Waals surface area contributed by atoms with Crippen molar-refractivity contribution in [2.24, 2.45) is 0 Å². The van der Waals surface area contributed by atoms with Gasteiger partial charge in [-0.25, -0.2) is 0 Å². The van der Waals surface area contributed by atoms with Crippen LogP contribution >= 0.6 is 11.3 Å². The molecule has 0 fully saturated rings. The van der Waals surface area contributed by atoms with Crippen molar-refractivity contribution in [1.82, 2.24) is 30.0 Å². The van der Waals surface area contributed by atoms with Gasteiger partial charge in [0.05, 0.1) is 18.5 Å². The molecule has 7 nitrogen and oxygen atoms in total. The number of ether oxygens (including phenoxy) is 1. The summed E-state index contributed by atoms with van der Waals surface area (Å²) in [4.78, 5) is 0.745. The van der Waals surface area contributed by atoms with Crippen molar-refractivity contribution in [3.05, 3.63) is 59.7 Å². The van der Waals surface area contributed by atoms with Crippen LogP contribution in [0.4, 0.5) is 0 Å². The number of benzene rings is 2. The first kappa shape index (κ1) is 23.2. The molecule has 0 atom stereocenters. The number of rotatable bonds is 4. The quantitative estimate of drug-likeness (QED) is 0.313. The number of H-pyrrole nitrogens is 1. The van der Waals surface area contributed by atoms with E-state index in [1.807, 2.05) is 34.8 Å². The molecule has 0 amide bonds. The molecule has 5 rings (SSSR count). The predicted octanol–water partition coefficient (Wildman–Crippen LogP) is 6.51. The maximum Gasteiger partial charge on any atom is 0.235 e. The van der Waals surface area contributed by atoms with Crippen LogP contribution in [0.25, 0.3) is 38.3 Å². The van der Waals surface area contributed by atoms with E-state index < -0.39 is 0 Å². The van der Waals surface area contributed by atoms with Gasteiger partial charge in [0, 0.05) is 11.1 Å². The van der Waals surface area contributed by atoms with Crippen LogP contribution in [0.15, 0.2) is 48.5 Å². The minimum absolute atomic E-state index is 0.0147. The number of nitrogens with zero attached hydrogens (tertiary/aromatic N) is 5. The van der Waals surface area contributed by atoms with Crippen molar-refractivity contribution < 1.29 is 4.74 Å². The molecule has 3 heterocycles. The Morgan fingerprint density at radius 2 is 1.49 bits per heavy atom. The smallest absolute Gasteiger partial charge is 0.235 e. The maximum atomic E-state index is 5.25. The average Bonchev–Trinajstić information content (AvgIpc) is 3.53. The highest BCUT2D eigenvalue weighted by atomic mass is 32.1. The first-order chi connectivity index (χ1) is 16.5. The maximum absolute atomic E-state index is 5.25. The Hall–Kier alpha value is -3.52. The van der Waals surface area contributed by atoms with Gasteiger partial charge in [-0.3, -0.25) is 5.10 Å². The normalized spacial score (nSPS) is 12.4. The fourth-order valence-electron chi connectivity index (χ4n) is 3.87. The largest absolute Gasteiger partial charge is 0.497 e. The summed E-state index contributed by atoms with van der Waals surface area (Å²) in [5, 5.41) is 22.2. The van der Waals surface area contributed by atoms with Crippen LogP contribution in [0, 0.1) is 0 Å². The molecule has 2 aromatic carbocycles. The molecular weight excluding hydrogens is 456 g/mol. The molecule has 0 spiro atoms. The Kier molecular flexibility index (Phi) is 5.51. The highest BCUT2D eigenvalue weighted by molar-refractivity contribution is 7.19. The Balaban J connectivity index is 1.55. The molecular formula is C27H30N6OS. The third-order valence-electron chi connectivity index (χ3n) is 6.11. The summed E-state index contributed by atoms with van der Waals surface area (Å²) in [6.45, 7) is 13.4. The lowest BCUT2D eigenvalue weighted by atomic mass is 9.79. The summed E-state index contributed by atoms with van der Waals surface area (Å²) in [5.41, 5.74) is 6.29. The summed E-state index contributed by atoms with van der Waals surface area (Å²) < 4.78 is 7.09. The third kappa shape index (κ3) is 4.46. The number of hydrogen-bond donors (Lipinski definition) is 1. The molecule has 0 bridgehead atoms. The second-order valence-corrected chi connectivity index (χ2v) is 11.8. The van der Waals surface area contributed by atoms with Crippen molar-refractivity contribution >= 4 is 16.3 Å². The monoisotopic (exact) mass is 486 g/mol. The van der Waals surface area contributed by atoms with E-state index in [1.165, 1.54) is 22.5 Å². The van der Waals surface area contributed by atoms with Crippen molar-refractivity contribution in [3.8, 4) is 39.1 Å². The molecule has 8 heteroatoms. The van der Waals surface area contributed by atoms with Crippen LogP contribution in [0.2, 0.25) is 0 Å². The molecule has 0 aliphatic carbocycles. The van der Waals surface area contributed by atoms with E-state index in [2.05, 4.69) is 80.1 Å². The highest BCUT2D eigenvalue weighted by Crippen LogP contribution is 2.35. The number of aromatic nitrogens is 6. The minimum atomic E-state index is 0.0147. The van der Waals surface area contributed by atoms with Crippen LogP contribution < -0.4 is 4.74 Å². The van der Waals surface area contributed by atoms with Crippen LogP contribution in [0.1, 0.15) is 52.7 Å². The fourth-order valence-corrected chi connectivity index (χ4v) is 4.67. The summed E-state index contributed by atoms with van der Waals surface area (Å²) in [5.74, 6) is 1.56. The Bertz CT molecular complexity index is 1460. The van der Waals surface area contributed by atoms with Crippen molar-refractivity contribution in [2.45, 2.75) is 52.4 Å². The molecule has 0 radical (unpaired) electrons. The second kappa shape index (κ2) is 8.30. The van der Waals surface area contributed by atoms with Crippen LogP contribution in [0.5, 0.6) is 5.75 Å². The zero-order valence-electron chi connectivity index (χ0n) is 21.2. The van der Waals surface area contributed by atoms with Gasteiger partial charge < -0.3 is 4.74 Å². The zero-order valence-corrected chi connectivity index (χ0v) is 22.0. The van der Waals surface area contributed by atoms with E-state index in [-0.39, 0.29) is 10.8 Å². The van der Waals surface area contributed by atoms with E-state index in [1.54, 1.807) is 7.11 Å². The van der Waals surface area contributed by atoms with Crippen molar-refractivity contribution in [2.75, 3.05) is 7.11 Å². The van der Waals surface area contributed by atoms with Crippen LogP contribution in [-0.2, 0) is 10.8 Å². The van der Waals surface area contributed by atoms with Gasteiger partial charge in [0.25, 0.3) is 0 Å².